The second kappa shape index (κ2) is 49.5. The van der Waals surface area contributed by atoms with Gasteiger partial charge >= 0.3 is 0 Å². The summed E-state index contributed by atoms with van der Waals surface area (Å²) in [5.41, 5.74) is 26.6. The summed E-state index contributed by atoms with van der Waals surface area (Å²) in [5.74, 6) is 4.54. The molecule has 0 saturated carbocycles. The number of morpholine rings is 3. The summed E-state index contributed by atoms with van der Waals surface area (Å²) < 4.78 is 41.3. The van der Waals surface area contributed by atoms with E-state index < -0.39 is 0 Å². The summed E-state index contributed by atoms with van der Waals surface area (Å²) in [6.45, 7) is 23.1. The number of nitrogens with one attached hydrogen (secondary N) is 3. The molecular formula is C118H128IN15O8S6. The molecule has 0 amide bonds. The first-order chi connectivity index (χ1) is 72.3. The lowest BCUT2D eigenvalue weighted by molar-refractivity contribution is 0.122. The first-order valence-corrected chi connectivity index (χ1v) is 57.2. The molecule has 0 aliphatic carbocycles. The molecule has 0 radical (unpaired) electrons. The van der Waals surface area contributed by atoms with E-state index in [0.29, 0.717) is 69.2 Å². The number of benzene rings is 8. The van der Waals surface area contributed by atoms with Crippen molar-refractivity contribution in [2.75, 3.05) is 179 Å². The standard InChI is InChI=1S/C42H45N5O3S2.C34H37N5O2S2.C29H25IN2O3S2.C13H21N3/c1-28-7-13-35(43-26-28)41(30-15-17-46(2)18-16-30)44-31-10-14-37-39(23-31)51-38-6-4-5-34(42(38)52-37)36-24-32(47-19-21-49-22-20-47)25-40(45-36)50-27-29-8-11-33(48-3)12-9-29;1-22-6-8-27(35-21-22)33(23-10-12-38(2)13-11-23)36-24-7-9-29-31(18-24)42-30-5-3-4-26(34(30)43-29)28-19-25(20-32(40)37-28)39-14-16-41-17-15-39;1-33-22-8-5-19(6-9-22)18-35-28-17-21(32-11-13-34-14-12-32)16-24(31-28)23-3-2-4-26-29(23)37-25-10-7-20(30)15-27(25)36-26;1-10-3-4-12(15-9-10)13(14)11-5-7-16(2)8-6-11/h4-14,23-26,30,41,44H,15-22,27H2,1-3H3;3-9,18-21,23,33,36H,10-17H2,1-2H3,(H,37,40);2-10,15-17H,11-14,18H2,1H3;3-4,9,11,13H,5-8,14H2,1-2H3. The van der Waals surface area contributed by atoms with E-state index in [9.17, 15) is 4.79 Å². The van der Waals surface area contributed by atoms with Crippen LogP contribution in [-0.2, 0) is 27.4 Å². The fourth-order valence-corrected chi connectivity index (χ4v) is 27.9. The molecule has 9 aliphatic rings. The number of ether oxygens (including phenoxy) is 7. The lowest BCUT2D eigenvalue weighted by Crippen LogP contribution is -2.36. The van der Waals surface area contributed by atoms with E-state index in [-0.39, 0.29) is 23.7 Å². The highest BCUT2D eigenvalue weighted by Gasteiger charge is 2.35. The maximum atomic E-state index is 12.7. The number of nitrogens with two attached hydrogens (primary N) is 1. The third-order valence-corrected chi connectivity index (χ3v) is 37.1. The Morgan fingerprint density at radius 1 is 0.392 bits per heavy atom. The van der Waals surface area contributed by atoms with Crippen LogP contribution in [-0.4, -0.2) is 198 Å². The Morgan fingerprint density at radius 3 is 1.16 bits per heavy atom. The van der Waals surface area contributed by atoms with Crippen LogP contribution in [0.1, 0.15) is 102 Å². The molecule has 0 bridgehead atoms. The monoisotopic (exact) mass is 2200 g/mol. The van der Waals surface area contributed by atoms with Crippen LogP contribution >= 0.6 is 93.2 Å². The Morgan fingerprint density at radius 2 is 0.764 bits per heavy atom. The number of piperidine rings is 3. The Bertz CT molecular complexity index is 6950. The van der Waals surface area contributed by atoms with Gasteiger partial charge in [-0.25, -0.2) is 9.97 Å². The number of hydrogen-bond donors (Lipinski definition) is 4. The average Bonchev–Trinajstić information content (AvgIpc) is 0.771. The molecular weight excluding hydrogens is 2070 g/mol. The number of nitrogens with zero attached hydrogens (tertiary/aromatic N) is 11. The first-order valence-electron chi connectivity index (χ1n) is 51.3. The van der Waals surface area contributed by atoms with E-state index in [4.69, 9.17) is 58.8 Å². The Balaban J connectivity index is 0.000000126. The number of aryl methyl sites for hydroxylation is 3. The molecule has 3 atom stereocenters. The van der Waals surface area contributed by atoms with Crippen LogP contribution < -0.4 is 55.6 Å². The van der Waals surface area contributed by atoms with Crippen molar-refractivity contribution in [2.45, 2.75) is 149 Å². The van der Waals surface area contributed by atoms with Gasteiger partial charge in [0.05, 0.1) is 100 Å². The molecule has 3 unspecified atom stereocenters. The fraction of sp³-hybridized carbons (Fsp3) is 0.339. The number of fused-ring (bicyclic) bond motifs is 6. The molecule has 9 aliphatic heterocycles. The largest absolute Gasteiger partial charge is 0.497 e. The van der Waals surface area contributed by atoms with E-state index in [0.717, 1.165) is 219 Å². The molecule has 6 fully saturated rings. The molecule has 14 aromatic rings. The van der Waals surface area contributed by atoms with Crippen molar-refractivity contribution in [1.82, 2.24) is 44.6 Å². The van der Waals surface area contributed by atoms with Gasteiger partial charge < -0.3 is 83.9 Å². The van der Waals surface area contributed by atoms with Crippen molar-refractivity contribution in [2.24, 2.45) is 23.5 Å². The molecule has 766 valence electrons. The van der Waals surface area contributed by atoms with E-state index in [1.54, 1.807) is 43.8 Å². The molecule has 6 aromatic heterocycles. The molecule has 15 heterocycles. The second-order valence-corrected chi connectivity index (χ2v) is 46.8. The molecule has 5 N–H and O–H groups in total. The van der Waals surface area contributed by atoms with Crippen molar-refractivity contribution in [1.29, 1.82) is 0 Å². The van der Waals surface area contributed by atoms with Crippen molar-refractivity contribution in [3.8, 4) is 57.0 Å². The Hall–Kier alpha value is -10.8. The summed E-state index contributed by atoms with van der Waals surface area (Å²) in [4.78, 5) is 69.2. The number of methoxy groups -OCH3 is 2. The van der Waals surface area contributed by atoms with Crippen molar-refractivity contribution >= 4 is 122 Å². The van der Waals surface area contributed by atoms with Crippen LogP contribution in [0.3, 0.4) is 0 Å². The van der Waals surface area contributed by atoms with Gasteiger partial charge in [0.15, 0.2) is 0 Å². The maximum Gasteiger partial charge on any atom is 0.250 e. The number of pyridine rings is 6. The van der Waals surface area contributed by atoms with E-state index in [2.05, 4.69) is 284 Å². The van der Waals surface area contributed by atoms with E-state index in [1.807, 2.05) is 120 Å². The molecule has 23 nitrogen and oxygen atoms in total. The highest BCUT2D eigenvalue weighted by atomic mass is 127. The maximum absolute atomic E-state index is 12.7. The lowest BCUT2D eigenvalue weighted by Gasteiger charge is -2.35. The highest BCUT2D eigenvalue weighted by Crippen LogP contribution is 2.57. The molecule has 30 heteroatoms. The summed E-state index contributed by atoms with van der Waals surface area (Å²) in [6.07, 6.45) is 12.9. The predicted molar refractivity (Wildman–Crippen MR) is 610 cm³/mol. The normalized spacial score (nSPS) is 17.1. The minimum atomic E-state index is -0.0802. The third-order valence-electron chi connectivity index (χ3n) is 28.7. The van der Waals surface area contributed by atoms with Gasteiger partial charge in [-0.3, -0.25) is 19.7 Å². The fourth-order valence-electron chi connectivity index (χ4n) is 20.0. The van der Waals surface area contributed by atoms with Crippen molar-refractivity contribution in [3.05, 3.63) is 308 Å². The minimum absolute atomic E-state index is 0.0802. The zero-order valence-electron chi connectivity index (χ0n) is 85.1. The van der Waals surface area contributed by atoms with Crippen LogP contribution in [0.25, 0.3) is 33.8 Å². The topological polar surface area (TPSA) is 231 Å². The van der Waals surface area contributed by atoms with Gasteiger partial charge in [0, 0.05) is 190 Å². The summed E-state index contributed by atoms with van der Waals surface area (Å²) in [6, 6.07) is 81.2. The number of aromatic amines is 1. The number of aromatic nitrogens is 6. The van der Waals surface area contributed by atoms with Crippen LogP contribution in [0, 0.1) is 42.1 Å². The summed E-state index contributed by atoms with van der Waals surface area (Å²) >= 11 is 13.3. The van der Waals surface area contributed by atoms with Gasteiger partial charge in [-0.15, -0.1) is 0 Å². The van der Waals surface area contributed by atoms with Crippen LogP contribution in [0.5, 0.6) is 23.3 Å². The third kappa shape index (κ3) is 26.3. The number of H-pyrrole nitrogens is 1. The summed E-state index contributed by atoms with van der Waals surface area (Å²) in [7, 11) is 9.96. The number of hydrogen-bond acceptors (Lipinski definition) is 28. The number of likely N-dealkylation sites (tertiary alicyclic amines) is 3. The Kier molecular flexibility index (Phi) is 34.9. The van der Waals surface area contributed by atoms with Crippen LogP contribution in [0.4, 0.5) is 28.4 Å². The van der Waals surface area contributed by atoms with E-state index >= 15 is 0 Å². The van der Waals surface area contributed by atoms with Gasteiger partial charge in [-0.05, 0) is 321 Å². The first kappa shape index (κ1) is 104. The minimum Gasteiger partial charge on any atom is -0.497 e. The van der Waals surface area contributed by atoms with Gasteiger partial charge in [0.25, 0.3) is 0 Å². The van der Waals surface area contributed by atoms with E-state index in [1.165, 1.54) is 91.8 Å². The van der Waals surface area contributed by atoms with Crippen molar-refractivity contribution in [3.63, 3.8) is 0 Å². The molecule has 6 saturated heterocycles. The van der Waals surface area contributed by atoms with Crippen LogP contribution in [0.2, 0.25) is 0 Å². The zero-order valence-corrected chi connectivity index (χ0v) is 92.2. The smallest absolute Gasteiger partial charge is 0.250 e. The van der Waals surface area contributed by atoms with Gasteiger partial charge in [-0.2, -0.15) is 0 Å². The molecule has 148 heavy (non-hydrogen) atoms. The zero-order chi connectivity index (χ0) is 102. The number of halogens is 1. The predicted octanol–water partition coefficient (Wildman–Crippen LogP) is 24.8. The molecule has 0 spiro atoms. The van der Waals surface area contributed by atoms with Crippen molar-refractivity contribution < 1.29 is 33.2 Å². The molecule has 8 aromatic carbocycles. The lowest BCUT2D eigenvalue weighted by atomic mass is 9.87. The average molecular weight is 2200 g/mol. The summed E-state index contributed by atoms with van der Waals surface area (Å²) in [5, 5.41) is 7.83. The quantitative estimate of drug-likeness (QED) is 0.0412. The van der Waals surface area contributed by atoms with Gasteiger partial charge in [-0.1, -0.05) is 149 Å². The van der Waals surface area contributed by atoms with Crippen LogP contribution in [0.15, 0.2) is 313 Å². The number of anilines is 5. The second-order valence-electron chi connectivity index (χ2n) is 39.2. The molecule has 23 rings (SSSR count). The Labute approximate surface area is 908 Å². The van der Waals surface area contributed by atoms with Gasteiger partial charge in [0.1, 0.15) is 24.7 Å². The number of rotatable bonds is 24. The SMILES string of the molecule is COc1ccc(COc2cc(N3CCOCC3)cc(-c3cccc4c3Sc3ccc(I)cc3S4)n2)cc1.COc1ccc(COc2cc(N3CCOCC3)cc(-c3cccc4c3Sc3ccc(NC(c5ccc(C)cn5)C5CCN(C)CC5)cc3S4)n2)cc1.Cc1ccc(C(N)C2CCN(C)CC2)nc1.Cc1ccc(C(Nc2ccc3c(c2)Sc2cccc(-c4cc(N5CCOCC5)cc(=O)[nH]4)c2S3)C2CCN(C)CC2)nc1. The van der Waals surface area contributed by atoms with Gasteiger partial charge in [0.2, 0.25) is 17.3 Å². The highest BCUT2D eigenvalue weighted by molar-refractivity contribution is 14.1.